The fourth-order valence-electron chi connectivity index (χ4n) is 3.07. The Bertz CT molecular complexity index is 1100. The van der Waals surface area contributed by atoms with E-state index >= 15 is 0 Å². The third-order valence-corrected chi connectivity index (χ3v) is 4.38. The molecule has 140 valence electrons. The summed E-state index contributed by atoms with van der Waals surface area (Å²) in [6.07, 6.45) is 3.30. The first-order chi connectivity index (χ1) is 13.6. The molecule has 7 nitrogen and oxygen atoms in total. The summed E-state index contributed by atoms with van der Waals surface area (Å²) in [4.78, 5) is 20.8. The van der Waals surface area contributed by atoms with Gasteiger partial charge in [0.25, 0.3) is 5.89 Å². The van der Waals surface area contributed by atoms with Crippen molar-refractivity contribution in [1.29, 1.82) is 0 Å². The standard InChI is InChI=1S/C21H18N4O3/c1-14-11-18(15(2)25(14)17-8-4-3-5-9-17)21(26)27-13-19-23-20(24-28-19)16-7-6-10-22-12-16/h3-12H,13H2,1-2H3. The minimum absolute atomic E-state index is 0.0961. The van der Waals surface area contributed by atoms with Crippen LogP contribution in [0, 0.1) is 13.8 Å². The molecule has 3 aromatic heterocycles. The van der Waals surface area contributed by atoms with Gasteiger partial charge in [-0.2, -0.15) is 4.98 Å². The molecule has 0 aliphatic rings. The van der Waals surface area contributed by atoms with Gasteiger partial charge in [0.05, 0.1) is 5.56 Å². The fourth-order valence-corrected chi connectivity index (χ4v) is 3.07. The largest absolute Gasteiger partial charge is 0.452 e. The second-order valence-corrected chi connectivity index (χ2v) is 6.29. The van der Waals surface area contributed by atoms with E-state index in [2.05, 4.69) is 15.1 Å². The molecule has 0 aliphatic carbocycles. The van der Waals surface area contributed by atoms with Gasteiger partial charge in [0.1, 0.15) is 0 Å². The van der Waals surface area contributed by atoms with Gasteiger partial charge in [-0.15, -0.1) is 0 Å². The first kappa shape index (κ1) is 17.7. The Balaban J connectivity index is 1.49. The number of rotatable bonds is 5. The first-order valence-corrected chi connectivity index (χ1v) is 8.78. The average Bonchev–Trinajstić information content (AvgIpc) is 3.32. The van der Waals surface area contributed by atoms with Crippen molar-refractivity contribution in [2.24, 2.45) is 0 Å². The molecule has 7 heteroatoms. The van der Waals surface area contributed by atoms with E-state index in [-0.39, 0.29) is 12.5 Å². The number of ether oxygens (including phenoxy) is 1. The molecule has 0 spiro atoms. The molecular formula is C21H18N4O3. The van der Waals surface area contributed by atoms with Crippen LogP contribution in [0.25, 0.3) is 17.1 Å². The Labute approximate surface area is 161 Å². The summed E-state index contributed by atoms with van der Waals surface area (Å²) in [6.45, 7) is 3.75. The minimum Gasteiger partial charge on any atom is -0.452 e. The van der Waals surface area contributed by atoms with E-state index in [4.69, 9.17) is 9.26 Å². The highest BCUT2D eigenvalue weighted by molar-refractivity contribution is 5.91. The van der Waals surface area contributed by atoms with Gasteiger partial charge in [0.15, 0.2) is 6.61 Å². The molecule has 0 saturated heterocycles. The van der Waals surface area contributed by atoms with E-state index in [9.17, 15) is 4.79 Å². The fraction of sp³-hybridized carbons (Fsp3) is 0.143. The maximum Gasteiger partial charge on any atom is 0.340 e. The Morgan fingerprint density at radius 3 is 2.71 bits per heavy atom. The van der Waals surface area contributed by atoms with Gasteiger partial charge >= 0.3 is 5.97 Å². The second kappa shape index (κ2) is 7.48. The van der Waals surface area contributed by atoms with E-state index in [1.807, 2.05) is 60.9 Å². The van der Waals surface area contributed by atoms with Crippen LogP contribution in [0.15, 0.2) is 65.4 Å². The number of para-hydroxylation sites is 1. The summed E-state index contributed by atoms with van der Waals surface area (Å²) in [6, 6.07) is 15.3. The highest BCUT2D eigenvalue weighted by Crippen LogP contribution is 2.22. The molecule has 3 heterocycles. The van der Waals surface area contributed by atoms with Crippen molar-refractivity contribution in [1.82, 2.24) is 19.7 Å². The Kier molecular flexibility index (Phi) is 4.72. The summed E-state index contributed by atoms with van der Waals surface area (Å²) >= 11 is 0. The van der Waals surface area contributed by atoms with Crippen molar-refractivity contribution in [3.63, 3.8) is 0 Å². The van der Waals surface area contributed by atoms with Gasteiger partial charge in [0, 0.05) is 35.0 Å². The topological polar surface area (TPSA) is 83.0 Å². The lowest BCUT2D eigenvalue weighted by molar-refractivity contribution is 0.0429. The number of carbonyl (C=O) groups is 1. The molecule has 1 aromatic carbocycles. The van der Waals surface area contributed by atoms with Gasteiger partial charge in [-0.3, -0.25) is 4.98 Å². The zero-order valence-corrected chi connectivity index (χ0v) is 15.5. The van der Waals surface area contributed by atoms with Crippen LogP contribution in [-0.4, -0.2) is 25.7 Å². The number of pyridine rings is 1. The molecule has 0 saturated carbocycles. The van der Waals surface area contributed by atoms with Crippen molar-refractivity contribution in [3.05, 3.63) is 83.8 Å². The predicted octanol–water partition coefficient (Wildman–Crippen LogP) is 3.90. The summed E-state index contributed by atoms with van der Waals surface area (Å²) < 4.78 is 12.6. The molecule has 0 amide bonds. The third kappa shape index (κ3) is 3.42. The second-order valence-electron chi connectivity index (χ2n) is 6.29. The van der Waals surface area contributed by atoms with Crippen LogP contribution in [0.4, 0.5) is 0 Å². The number of nitrogens with zero attached hydrogens (tertiary/aromatic N) is 4. The van der Waals surface area contributed by atoms with Gasteiger partial charge in [-0.25, -0.2) is 4.79 Å². The van der Waals surface area contributed by atoms with Gasteiger partial charge < -0.3 is 13.8 Å². The number of benzene rings is 1. The lowest BCUT2D eigenvalue weighted by Gasteiger charge is -2.09. The lowest BCUT2D eigenvalue weighted by atomic mass is 10.2. The highest BCUT2D eigenvalue weighted by atomic mass is 16.6. The van der Waals surface area contributed by atoms with Gasteiger partial charge in [-0.1, -0.05) is 23.4 Å². The lowest BCUT2D eigenvalue weighted by Crippen LogP contribution is -2.07. The zero-order chi connectivity index (χ0) is 19.5. The third-order valence-electron chi connectivity index (χ3n) is 4.38. The van der Waals surface area contributed by atoms with E-state index in [0.29, 0.717) is 11.4 Å². The maximum absolute atomic E-state index is 12.6. The van der Waals surface area contributed by atoms with Crippen LogP contribution >= 0.6 is 0 Å². The first-order valence-electron chi connectivity index (χ1n) is 8.78. The molecule has 0 bridgehead atoms. The minimum atomic E-state index is -0.434. The van der Waals surface area contributed by atoms with Crippen LogP contribution in [0.1, 0.15) is 27.6 Å². The Hall–Kier alpha value is -3.74. The normalized spacial score (nSPS) is 10.8. The quantitative estimate of drug-likeness (QED) is 0.493. The van der Waals surface area contributed by atoms with Gasteiger partial charge in [-0.05, 0) is 44.2 Å². The van der Waals surface area contributed by atoms with Crippen molar-refractivity contribution in [2.75, 3.05) is 0 Å². The molecule has 28 heavy (non-hydrogen) atoms. The molecule has 4 aromatic rings. The number of aryl methyl sites for hydroxylation is 1. The Morgan fingerprint density at radius 1 is 1.14 bits per heavy atom. The summed E-state index contributed by atoms with van der Waals surface area (Å²) in [5.74, 6) is 0.196. The predicted molar refractivity (Wildman–Crippen MR) is 102 cm³/mol. The molecule has 0 atom stereocenters. The summed E-state index contributed by atoms with van der Waals surface area (Å²) in [5.41, 5.74) is 4.00. The van der Waals surface area contributed by atoms with Crippen molar-refractivity contribution < 1.29 is 14.1 Å². The zero-order valence-electron chi connectivity index (χ0n) is 15.5. The van der Waals surface area contributed by atoms with Crippen LogP contribution in [0.2, 0.25) is 0 Å². The molecule has 0 fully saturated rings. The molecule has 0 aliphatic heterocycles. The van der Waals surface area contributed by atoms with Crippen LogP contribution in [0.5, 0.6) is 0 Å². The van der Waals surface area contributed by atoms with E-state index in [1.165, 1.54) is 0 Å². The number of hydrogen-bond donors (Lipinski definition) is 0. The number of esters is 1. The summed E-state index contributed by atoms with van der Waals surface area (Å²) in [5, 5.41) is 3.89. The van der Waals surface area contributed by atoms with Crippen molar-refractivity contribution >= 4 is 5.97 Å². The smallest absolute Gasteiger partial charge is 0.340 e. The summed E-state index contributed by atoms with van der Waals surface area (Å²) in [7, 11) is 0. The highest BCUT2D eigenvalue weighted by Gasteiger charge is 2.19. The van der Waals surface area contributed by atoms with Crippen LogP contribution < -0.4 is 0 Å². The molecule has 0 N–H and O–H groups in total. The number of carbonyl (C=O) groups excluding carboxylic acids is 1. The van der Waals surface area contributed by atoms with E-state index in [1.54, 1.807) is 18.5 Å². The van der Waals surface area contributed by atoms with Crippen LogP contribution in [-0.2, 0) is 11.3 Å². The molecule has 4 rings (SSSR count). The molecule has 0 radical (unpaired) electrons. The van der Waals surface area contributed by atoms with Crippen molar-refractivity contribution in [3.8, 4) is 17.1 Å². The number of hydrogen-bond acceptors (Lipinski definition) is 6. The maximum atomic E-state index is 12.6. The van der Waals surface area contributed by atoms with E-state index < -0.39 is 5.97 Å². The molecule has 0 unspecified atom stereocenters. The SMILES string of the molecule is Cc1cc(C(=O)OCc2nc(-c3cccnc3)no2)c(C)n1-c1ccccc1. The van der Waals surface area contributed by atoms with Crippen molar-refractivity contribution in [2.45, 2.75) is 20.5 Å². The van der Waals surface area contributed by atoms with Crippen LogP contribution in [0.3, 0.4) is 0 Å². The average molecular weight is 374 g/mol. The number of aromatic nitrogens is 4. The monoisotopic (exact) mass is 374 g/mol. The van der Waals surface area contributed by atoms with Gasteiger partial charge in [0.2, 0.25) is 5.82 Å². The Morgan fingerprint density at radius 2 is 1.96 bits per heavy atom. The van der Waals surface area contributed by atoms with E-state index in [0.717, 1.165) is 22.6 Å². The molecular weight excluding hydrogens is 356 g/mol.